The predicted octanol–water partition coefficient (Wildman–Crippen LogP) is 2.77. The third-order valence-corrected chi connectivity index (χ3v) is 8.86. The predicted molar refractivity (Wildman–Crippen MR) is 152 cm³/mol. The molecule has 1 unspecified atom stereocenters. The van der Waals surface area contributed by atoms with E-state index >= 15 is 0 Å². The second-order valence-electron chi connectivity index (χ2n) is 11.3. The molecule has 12 heteroatoms. The number of hydrogen-bond acceptors (Lipinski definition) is 8. The molecule has 0 aliphatic carbocycles. The van der Waals surface area contributed by atoms with Crippen molar-refractivity contribution in [3.05, 3.63) is 35.9 Å². The summed E-state index contributed by atoms with van der Waals surface area (Å²) in [4.78, 5) is 53.4. The summed E-state index contributed by atoms with van der Waals surface area (Å²) < 4.78 is 5.32. The van der Waals surface area contributed by atoms with Gasteiger partial charge in [-0.15, -0.1) is 0 Å². The highest BCUT2D eigenvalue weighted by Gasteiger charge is 2.44. The molecule has 10 nitrogen and oxygen atoms in total. The number of hydrazine groups is 1. The third kappa shape index (κ3) is 10.0. The second kappa shape index (κ2) is 13.6. The highest BCUT2D eigenvalue weighted by Crippen LogP contribution is 2.36. The van der Waals surface area contributed by atoms with Gasteiger partial charge >= 0.3 is 6.09 Å². The van der Waals surface area contributed by atoms with E-state index in [1.807, 2.05) is 37.3 Å². The smallest absolute Gasteiger partial charge is 0.408 e. The average molecular weight is 568 g/mol. The molecule has 1 heterocycles. The lowest BCUT2D eigenvalue weighted by atomic mass is 10.0. The van der Waals surface area contributed by atoms with Crippen molar-refractivity contribution in [2.24, 2.45) is 5.84 Å². The van der Waals surface area contributed by atoms with Crippen LogP contribution >= 0.6 is 21.6 Å². The van der Waals surface area contributed by atoms with Crippen LogP contribution in [-0.4, -0.2) is 69.0 Å². The minimum absolute atomic E-state index is 0.0273. The molecule has 38 heavy (non-hydrogen) atoms. The Morgan fingerprint density at radius 1 is 1.11 bits per heavy atom. The number of nitrogens with zero attached hydrogens (tertiary/aromatic N) is 1. The van der Waals surface area contributed by atoms with E-state index in [4.69, 9.17) is 10.6 Å². The molecule has 1 aliphatic heterocycles. The SMILES string of the molecule is CC1C[C@H](NC(=O)[C@H](Cc2ccccc2)NC(=O)OC(C)(C)C)C(=O)N1[C@@H](CSSC(C)(C)C)C(=O)NN. The molecule has 4 atom stereocenters. The molecule has 212 valence electrons. The van der Waals surface area contributed by atoms with E-state index in [-0.39, 0.29) is 23.1 Å². The highest BCUT2D eigenvalue weighted by atomic mass is 33.1. The molecule has 0 aromatic heterocycles. The number of nitrogens with two attached hydrogens (primary N) is 1. The van der Waals surface area contributed by atoms with Crippen molar-refractivity contribution in [3.63, 3.8) is 0 Å². The molecule has 4 amide bonds. The monoisotopic (exact) mass is 567 g/mol. The number of likely N-dealkylation sites (tertiary alicyclic amines) is 1. The van der Waals surface area contributed by atoms with Crippen LogP contribution < -0.4 is 21.9 Å². The number of hydrogen-bond donors (Lipinski definition) is 4. The Balaban J connectivity index is 2.17. The van der Waals surface area contributed by atoms with E-state index in [0.29, 0.717) is 12.2 Å². The fraction of sp³-hybridized carbons (Fsp3) is 0.615. The summed E-state index contributed by atoms with van der Waals surface area (Å²) in [5, 5.41) is 5.43. The first-order valence-electron chi connectivity index (χ1n) is 12.6. The minimum Gasteiger partial charge on any atom is -0.444 e. The fourth-order valence-corrected chi connectivity index (χ4v) is 6.48. The fourth-order valence-electron chi connectivity index (χ4n) is 3.97. The number of ether oxygens (including phenoxy) is 1. The Morgan fingerprint density at radius 3 is 2.29 bits per heavy atom. The number of benzene rings is 1. The Bertz CT molecular complexity index is 980. The van der Waals surface area contributed by atoms with Crippen molar-refractivity contribution in [2.75, 3.05) is 5.75 Å². The molecule has 0 bridgehead atoms. The zero-order chi connectivity index (χ0) is 28.7. The minimum atomic E-state index is -0.966. The summed E-state index contributed by atoms with van der Waals surface area (Å²) in [7, 11) is 3.11. The number of rotatable bonds is 10. The van der Waals surface area contributed by atoms with Crippen LogP contribution in [0.15, 0.2) is 30.3 Å². The maximum absolute atomic E-state index is 13.4. The second-order valence-corrected chi connectivity index (χ2v) is 14.5. The lowest BCUT2D eigenvalue weighted by Crippen LogP contribution is -2.56. The number of carbonyl (C=O) groups is 4. The van der Waals surface area contributed by atoms with Gasteiger partial charge in [-0.2, -0.15) is 0 Å². The molecular formula is C26H41N5O5S2. The van der Waals surface area contributed by atoms with Gasteiger partial charge in [0, 0.05) is 23.0 Å². The van der Waals surface area contributed by atoms with Crippen molar-refractivity contribution in [3.8, 4) is 0 Å². The van der Waals surface area contributed by atoms with Gasteiger partial charge in [0.05, 0.1) is 0 Å². The van der Waals surface area contributed by atoms with Gasteiger partial charge < -0.3 is 20.3 Å². The summed E-state index contributed by atoms with van der Waals surface area (Å²) in [6.07, 6.45) is -0.194. The Kier molecular flexibility index (Phi) is 11.3. The van der Waals surface area contributed by atoms with Gasteiger partial charge in [-0.3, -0.25) is 19.8 Å². The molecule has 1 aromatic carbocycles. The van der Waals surface area contributed by atoms with Crippen LogP contribution in [0.3, 0.4) is 0 Å². The molecule has 0 spiro atoms. The lowest BCUT2D eigenvalue weighted by molar-refractivity contribution is -0.140. The highest BCUT2D eigenvalue weighted by molar-refractivity contribution is 8.77. The van der Waals surface area contributed by atoms with E-state index < -0.39 is 41.6 Å². The average Bonchev–Trinajstić information content (AvgIpc) is 3.07. The third-order valence-electron chi connectivity index (χ3n) is 5.53. The summed E-state index contributed by atoms with van der Waals surface area (Å²) >= 11 is 0. The molecular weight excluding hydrogens is 526 g/mol. The zero-order valence-corrected chi connectivity index (χ0v) is 24.8. The first kappa shape index (κ1) is 31.8. The normalized spacial score (nSPS) is 19.5. The van der Waals surface area contributed by atoms with Crippen molar-refractivity contribution in [1.82, 2.24) is 21.0 Å². The molecule has 1 aliphatic rings. The Morgan fingerprint density at radius 2 is 1.74 bits per heavy atom. The van der Waals surface area contributed by atoms with Crippen LogP contribution in [0.25, 0.3) is 0 Å². The van der Waals surface area contributed by atoms with Gasteiger partial charge in [-0.25, -0.2) is 10.6 Å². The van der Waals surface area contributed by atoms with Crippen molar-refractivity contribution >= 4 is 45.4 Å². The van der Waals surface area contributed by atoms with E-state index in [9.17, 15) is 19.2 Å². The van der Waals surface area contributed by atoms with Crippen LogP contribution in [0.1, 0.15) is 60.5 Å². The van der Waals surface area contributed by atoms with Crippen LogP contribution in [-0.2, 0) is 25.5 Å². The standard InChI is InChI=1S/C26H41N5O5S2/c1-16-13-19(23(34)31(16)20(22(33)30-27)15-37-38-26(5,6)7)28-21(32)18(14-17-11-9-8-10-12-17)29-24(35)36-25(2,3)4/h8-12,16,18-20H,13-15,27H2,1-7H3,(H,28,32)(H,29,35)(H,30,33)/t16?,18-,19-,20-/m0/s1. The van der Waals surface area contributed by atoms with Gasteiger partial charge in [-0.05, 0) is 39.7 Å². The topological polar surface area (TPSA) is 143 Å². The number of amides is 4. The van der Waals surface area contributed by atoms with Crippen molar-refractivity contribution in [2.45, 2.75) is 95.8 Å². The maximum Gasteiger partial charge on any atom is 0.408 e. The molecule has 0 saturated carbocycles. The van der Waals surface area contributed by atoms with Crippen molar-refractivity contribution in [1.29, 1.82) is 0 Å². The Hall–Kier alpha value is -2.44. The van der Waals surface area contributed by atoms with Crippen LogP contribution in [0.2, 0.25) is 0 Å². The van der Waals surface area contributed by atoms with Gasteiger partial charge in [0.15, 0.2) is 0 Å². The summed E-state index contributed by atoms with van der Waals surface area (Å²) in [6, 6.07) is 6.35. The zero-order valence-electron chi connectivity index (χ0n) is 23.2. The number of nitrogens with one attached hydrogen (secondary N) is 3. The molecule has 2 rings (SSSR count). The maximum atomic E-state index is 13.4. The van der Waals surface area contributed by atoms with Crippen molar-refractivity contribution < 1.29 is 23.9 Å². The van der Waals surface area contributed by atoms with E-state index in [2.05, 4.69) is 36.8 Å². The van der Waals surface area contributed by atoms with E-state index in [0.717, 1.165) is 5.56 Å². The van der Waals surface area contributed by atoms with E-state index in [1.54, 1.807) is 31.6 Å². The van der Waals surface area contributed by atoms with Gasteiger partial charge in [0.2, 0.25) is 11.8 Å². The largest absolute Gasteiger partial charge is 0.444 e. The first-order valence-corrected chi connectivity index (χ1v) is 14.9. The summed E-state index contributed by atoms with van der Waals surface area (Å²) in [5.41, 5.74) is 2.27. The summed E-state index contributed by atoms with van der Waals surface area (Å²) in [6.45, 7) is 13.2. The quantitative estimate of drug-likeness (QED) is 0.146. The van der Waals surface area contributed by atoms with Crippen LogP contribution in [0.4, 0.5) is 4.79 Å². The number of alkyl carbamates (subject to hydrolysis) is 1. The first-order chi connectivity index (χ1) is 17.6. The van der Waals surface area contributed by atoms with Gasteiger partial charge in [0.25, 0.3) is 5.91 Å². The molecule has 5 N–H and O–H groups in total. The molecule has 1 fully saturated rings. The van der Waals surface area contributed by atoms with Crippen LogP contribution in [0.5, 0.6) is 0 Å². The van der Waals surface area contributed by atoms with Gasteiger partial charge in [0.1, 0.15) is 23.7 Å². The van der Waals surface area contributed by atoms with Gasteiger partial charge in [-0.1, -0.05) is 72.7 Å². The molecule has 1 saturated heterocycles. The summed E-state index contributed by atoms with van der Waals surface area (Å²) in [5.74, 6) is 4.44. The molecule has 1 aromatic rings. The molecule has 0 radical (unpaired) electrons. The Labute approximate surface area is 233 Å². The lowest BCUT2D eigenvalue weighted by Gasteiger charge is -2.30. The van der Waals surface area contributed by atoms with E-state index in [1.165, 1.54) is 15.7 Å². The van der Waals surface area contributed by atoms with Crippen LogP contribution in [0, 0.1) is 0 Å². The number of carbonyl (C=O) groups excluding carboxylic acids is 4.